The average Bonchev–Trinajstić information content (AvgIpc) is 2.30. The number of halogens is 2. The van der Waals surface area contributed by atoms with Crippen molar-refractivity contribution in [3.05, 3.63) is 33.8 Å². The van der Waals surface area contributed by atoms with Gasteiger partial charge in [-0.15, -0.1) is 0 Å². The molecule has 0 spiro atoms. The summed E-state index contributed by atoms with van der Waals surface area (Å²) in [5, 5.41) is 4.96. The van der Waals surface area contributed by atoms with E-state index in [1.54, 1.807) is 6.07 Å². The van der Waals surface area contributed by atoms with E-state index in [0.717, 1.165) is 23.0 Å². The Morgan fingerprint density at radius 1 is 1.18 bits per heavy atom. The third-order valence-electron chi connectivity index (χ3n) is 3.30. The van der Waals surface area contributed by atoms with Gasteiger partial charge < -0.3 is 5.32 Å². The summed E-state index contributed by atoms with van der Waals surface area (Å²) < 4.78 is 0. The fraction of sp³-hybridized carbons (Fsp3) is 0.571. The highest BCUT2D eigenvalue weighted by atomic mass is 35.5. The van der Waals surface area contributed by atoms with Gasteiger partial charge in [0.1, 0.15) is 0 Å². The molecular weight excluding hydrogens is 253 g/mol. The largest absolute Gasteiger partial charge is 0.310 e. The van der Waals surface area contributed by atoms with Gasteiger partial charge in [0.25, 0.3) is 0 Å². The van der Waals surface area contributed by atoms with Gasteiger partial charge in [-0.3, -0.25) is 0 Å². The summed E-state index contributed by atoms with van der Waals surface area (Å²) in [6.45, 7) is 7.64. The summed E-state index contributed by atoms with van der Waals surface area (Å²) in [7, 11) is 0. The number of nitrogens with one attached hydrogen (secondary N) is 1. The maximum atomic E-state index is 6.18. The third-order valence-corrected chi connectivity index (χ3v) is 3.86. The van der Waals surface area contributed by atoms with Crippen molar-refractivity contribution in [2.45, 2.75) is 39.7 Å². The molecule has 0 aromatic heterocycles. The molecule has 1 unspecified atom stereocenters. The predicted octanol–water partition coefficient (Wildman–Crippen LogP) is 5.08. The minimum Gasteiger partial charge on any atom is -0.310 e. The maximum absolute atomic E-state index is 6.18. The normalized spacial score (nSPS) is 13.1. The Balaban J connectivity index is 2.60. The van der Waals surface area contributed by atoms with Crippen molar-refractivity contribution in [1.29, 1.82) is 0 Å². The first-order valence-corrected chi connectivity index (χ1v) is 7.02. The Hall–Kier alpha value is -0.240. The summed E-state index contributed by atoms with van der Waals surface area (Å²) in [5.41, 5.74) is 1.11. The fourth-order valence-corrected chi connectivity index (χ4v) is 2.46. The molecule has 0 aliphatic carbocycles. The zero-order valence-electron chi connectivity index (χ0n) is 10.8. The first kappa shape index (κ1) is 14.8. The third kappa shape index (κ3) is 4.50. The highest BCUT2D eigenvalue weighted by Crippen LogP contribution is 2.26. The Morgan fingerprint density at radius 3 is 2.35 bits per heavy atom. The molecule has 0 aliphatic rings. The highest BCUT2D eigenvalue weighted by Gasteiger charge is 2.11. The molecule has 17 heavy (non-hydrogen) atoms. The van der Waals surface area contributed by atoms with E-state index in [4.69, 9.17) is 23.2 Å². The fourth-order valence-electron chi connectivity index (χ4n) is 1.88. The van der Waals surface area contributed by atoms with Crippen molar-refractivity contribution >= 4 is 23.2 Å². The molecule has 1 nitrogen and oxygen atoms in total. The number of rotatable bonds is 6. The molecule has 0 heterocycles. The van der Waals surface area contributed by atoms with Gasteiger partial charge in [0, 0.05) is 16.1 Å². The lowest BCUT2D eigenvalue weighted by molar-refractivity contribution is 0.422. The van der Waals surface area contributed by atoms with Crippen molar-refractivity contribution in [3.8, 4) is 0 Å². The standard InChI is InChI=1S/C14H21Cl2N/c1-4-11(5-2)9-17-10(3)13-7-6-12(15)8-14(13)16/h6-8,10-11,17H,4-5,9H2,1-3H3. The molecule has 1 aromatic rings. The second kappa shape index (κ2) is 7.25. The molecule has 1 aromatic carbocycles. The summed E-state index contributed by atoms with van der Waals surface area (Å²) in [6, 6.07) is 5.95. The van der Waals surface area contributed by atoms with E-state index in [2.05, 4.69) is 26.1 Å². The topological polar surface area (TPSA) is 12.0 Å². The Labute approximate surface area is 115 Å². The highest BCUT2D eigenvalue weighted by molar-refractivity contribution is 6.35. The van der Waals surface area contributed by atoms with Crippen LogP contribution in [0.4, 0.5) is 0 Å². The van der Waals surface area contributed by atoms with Gasteiger partial charge in [0.05, 0.1) is 0 Å². The molecule has 0 amide bonds. The maximum Gasteiger partial charge on any atom is 0.0468 e. The van der Waals surface area contributed by atoms with Gasteiger partial charge in [0.2, 0.25) is 0 Å². The number of benzene rings is 1. The Morgan fingerprint density at radius 2 is 1.82 bits per heavy atom. The van der Waals surface area contributed by atoms with Crippen LogP contribution in [0, 0.1) is 5.92 Å². The molecule has 0 saturated heterocycles. The van der Waals surface area contributed by atoms with E-state index in [9.17, 15) is 0 Å². The molecule has 1 atom stereocenters. The van der Waals surface area contributed by atoms with E-state index in [1.807, 2.05) is 12.1 Å². The minimum atomic E-state index is 0.264. The van der Waals surface area contributed by atoms with Gasteiger partial charge in [-0.1, -0.05) is 56.0 Å². The monoisotopic (exact) mass is 273 g/mol. The molecule has 0 bridgehead atoms. The van der Waals surface area contributed by atoms with Crippen molar-refractivity contribution in [3.63, 3.8) is 0 Å². The van der Waals surface area contributed by atoms with Crippen LogP contribution in [0.5, 0.6) is 0 Å². The summed E-state index contributed by atoms with van der Waals surface area (Å²) in [5.74, 6) is 0.739. The van der Waals surface area contributed by atoms with Crippen molar-refractivity contribution in [1.82, 2.24) is 5.32 Å². The Kier molecular flexibility index (Phi) is 6.32. The molecule has 3 heteroatoms. The molecule has 0 aliphatic heterocycles. The zero-order chi connectivity index (χ0) is 12.8. The zero-order valence-corrected chi connectivity index (χ0v) is 12.3. The van der Waals surface area contributed by atoms with Gasteiger partial charge in [0.15, 0.2) is 0 Å². The summed E-state index contributed by atoms with van der Waals surface area (Å²) in [6.07, 6.45) is 2.43. The van der Waals surface area contributed by atoms with Gasteiger partial charge >= 0.3 is 0 Å². The van der Waals surface area contributed by atoms with Crippen molar-refractivity contribution in [2.24, 2.45) is 5.92 Å². The van der Waals surface area contributed by atoms with E-state index in [1.165, 1.54) is 12.8 Å². The smallest absolute Gasteiger partial charge is 0.0468 e. The summed E-state index contributed by atoms with van der Waals surface area (Å²) in [4.78, 5) is 0. The van der Waals surface area contributed by atoms with Crippen LogP contribution in [0.3, 0.4) is 0 Å². The Bertz CT molecular complexity index is 348. The van der Waals surface area contributed by atoms with Crippen LogP contribution in [-0.4, -0.2) is 6.54 Å². The van der Waals surface area contributed by atoms with E-state index in [0.29, 0.717) is 5.02 Å². The molecular formula is C14H21Cl2N. The second-order valence-electron chi connectivity index (χ2n) is 4.48. The molecule has 1 rings (SSSR count). The van der Waals surface area contributed by atoms with Crippen LogP contribution >= 0.6 is 23.2 Å². The number of hydrogen-bond donors (Lipinski definition) is 1. The van der Waals surface area contributed by atoms with Crippen molar-refractivity contribution < 1.29 is 0 Å². The second-order valence-corrected chi connectivity index (χ2v) is 5.32. The molecule has 1 N–H and O–H groups in total. The lowest BCUT2D eigenvalue weighted by Crippen LogP contribution is -2.25. The predicted molar refractivity (Wildman–Crippen MR) is 77.0 cm³/mol. The summed E-state index contributed by atoms with van der Waals surface area (Å²) >= 11 is 12.1. The lowest BCUT2D eigenvalue weighted by Gasteiger charge is -2.19. The van der Waals surface area contributed by atoms with Crippen molar-refractivity contribution in [2.75, 3.05) is 6.54 Å². The molecule has 0 fully saturated rings. The molecule has 96 valence electrons. The van der Waals surface area contributed by atoms with Crippen LogP contribution in [0.2, 0.25) is 10.0 Å². The van der Waals surface area contributed by atoms with E-state index < -0.39 is 0 Å². The van der Waals surface area contributed by atoms with E-state index in [-0.39, 0.29) is 6.04 Å². The average molecular weight is 274 g/mol. The van der Waals surface area contributed by atoms with Crippen LogP contribution in [-0.2, 0) is 0 Å². The SMILES string of the molecule is CCC(CC)CNC(C)c1ccc(Cl)cc1Cl. The van der Waals surface area contributed by atoms with Crippen LogP contribution in [0.25, 0.3) is 0 Å². The van der Waals surface area contributed by atoms with Crippen LogP contribution < -0.4 is 5.32 Å². The first-order chi connectivity index (χ1) is 8.08. The van der Waals surface area contributed by atoms with Gasteiger partial charge in [-0.05, 0) is 37.1 Å². The van der Waals surface area contributed by atoms with Crippen LogP contribution in [0.1, 0.15) is 45.2 Å². The van der Waals surface area contributed by atoms with Gasteiger partial charge in [-0.25, -0.2) is 0 Å². The molecule has 0 radical (unpaired) electrons. The quantitative estimate of drug-likeness (QED) is 0.762. The minimum absolute atomic E-state index is 0.264. The number of hydrogen-bond acceptors (Lipinski definition) is 1. The van der Waals surface area contributed by atoms with E-state index >= 15 is 0 Å². The lowest BCUT2D eigenvalue weighted by atomic mass is 10.0. The first-order valence-electron chi connectivity index (χ1n) is 6.26. The van der Waals surface area contributed by atoms with Gasteiger partial charge in [-0.2, -0.15) is 0 Å². The molecule has 0 saturated carbocycles. The van der Waals surface area contributed by atoms with Crippen LogP contribution in [0.15, 0.2) is 18.2 Å².